The molecule has 10 heteroatoms. The molecule has 0 spiro atoms. The number of fused-ring (bicyclic) bond motifs is 3. The lowest BCUT2D eigenvalue weighted by molar-refractivity contribution is -0.818. The van der Waals surface area contributed by atoms with Crippen LogP contribution in [0.1, 0.15) is 5.69 Å². The molecule has 9 nitrogen and oxygen atoms in total. The van der Waals surface area contributed by atoms with Gasteiger partial charge in [0, 0.05) is 31.8 Å². The minimum absolute atomic E-state index is 0. The zero-order valence-electron chi connectivity index (χ0n) is 17.0. The van der Waals surface area contributed by atoms with Gasteiger partial charge in [-0.3, -0.25) is 5.32 Å². The summed E-state index contributed by atoms with van der Waals surface area (Å²) in [6.07, 6.45) is 7.96. The van der Waals surface area contributed by atoms with Crippen molar-refractivity contribution in [2.24, 2.45) is 11.8 Å². The van der Waals surface area contributed by atoms with E-state index in [4.69, 9.17) is 9.97 Å². The number of urea groups is 1. The van der Waals surface area contributed by atoms with Gasteiger partial charge < -0.3 is 15.2 Å². The van der Waals surface area contributed by atoms with Gasteiger partial charge in [0.05, 0.1) is 20.4 Å². The van der Waals surface area contributed by atoms with E-state index in [1.165, 1.54) is 0 Å². The molecular weight excluding hydrogens is 404 g/mol. The first-order chi connectivity index (χ1) is 14.0. The lowest BCUT2D eigenvalue weighted by Gasteiger charge is -2.28. The van der Waals surface area contributed by atoms with Gasteiger partial charge in [-0.1, -0.05) is 12.2 Å². The Labute approximate surface area is 180 Å². The Balaban J connectivity index is 0.00000193. The molecule has 2 aromatic heterocycles. The van der Waals surface area contributed by atoms with Crippen LogP contribution < -0.4 is 15.5 Å². The van der Waals surface area contributed by atoms with Crippen molar-refractivity contribution in [2.45, 2.75) is 12.1 Å². The van der Waals surface area contributed by atoms with Crippen molar-refractivity contribution in [3.8, 4) is 0 Å². The fourth-order valence-electron chi connectivity index (χ4n) is 5.18. The smallest absolute Gasteiger partial charge is 0.341 e. The molecule has 0 saturated carbocycles. The number of imidazole rings is 1. The second-order valence-corrected chi connectivity index (χ2v) is 9.04. The molecule has 0 radical (unpaired) electrons. The van der Waals surface area contributed by atoms with Crippen LogP contribution in [0.2, 0.25) is 0 Å². The number of nitrogens with zero attached hydrogens (tertiary/aromatic N) is 5. The summed E-state index contributed by atoms with van der Waals surface area (Å²) in [5, 5.41) is 6.54. The van der Waals surface area contributed by atoms with Crippen LogP contribution in [-0.4, -0.2) is 82.8 Å². The van der Waals surface area contributed by atoms with Crippen LogP contribution in [0.5, 0.6) is 0 Å². The number of allylic oxidation sites excluding steroid dienone is 2. The molecule has 2 aromatic rings. The van der Waals surface area contributed by atoms with Crippen LogP contribution in [0.15, 0.2) is 24.6 Å². The number of hydrogen-bond acceptors (Lipinski definition) is 6. The van der Waals surface area contributed by atoms with Crippen molar-refractivity contribution in [3.05, 3.63) is 30.2 Å². The monoisotopic (exact) mass is 429 g/mol. The molecule has 0 aromatic carbocycles. The van der Waals surface area contributed by atoms with Gasteiger partial charge in [-0.25, -0.2) is 19.2 Å². The van der Waals surface area contributed by atoms with Crippen molar-refractivity contribution in [1.82, 2.24) is 30.6 Å². The number of likely N-dealkylation sites (N-methyl/N-ethyl adjacent to an activating group) is 1. The number of quaternary nitrogens is 1. The van der Waals surface area contributed by atoms with Gasteiger partial charge in [-0.15, -0.1) is 12.4 Å². The lowest BCUT2D eigenvalue weighted by atomic mass is 9.95. The summed E-state index contributed by atoms with van der Waals surface area (Å²) >= 11 is 0. The molecular formula is C20H26ClN8O+. The number of carbonyl (C=O) groups excluding carboxylic acids is 1. The maximum absolute atomic E-state index is 12.3. The zero-order chi connectivity index (χ0) is 19.8. The summed E-state index contributed by atoms with van der Waals surface area (Å²) in [4.78, 5) is 32.0. The number of rotatable bonds is 2. The number of halogens is 1. The van der Waals surface area contributed by atoms with E-state index in [1.807, 2.05) is 14.1 Å². The molecule has 30 heavy (non-hydrogen) atoms. The molecule has 4 aliphatic rings. The van der Waals surface area contributed by atoms with Gasteiger partial charge in [0.15, 0.2) is 5.65 Å². The highest BCUT2D eigenvalue weighted by atomic mass is 35.5. The van der Waals surface area contributed by atoms with E-state index < -0.39 is 0 Å². The Hall–Kier alpha value is -2.49. The lowest BCUT2D eigenvalue weighted by Crippen LogP contribution is -2.48. The molecule has 0 bridgehead atoms. The summed E-state index contributed by atoms with van der Waals surface area (Å²) in [5.74, 6) is 2.08. The Morgan fingerprint density at radius 3 is 2.70 bits per heavy atom. The number of aromatic amines is 1. The molecule has 2 amide bonds. The normalized spacial score (nSPS) is 31.3. The van der Waals surface area contributed by atoms with Gasteiger partial charge in [0.25, 0.3) is 0 Å². The van der Waals surface area contributed by atoms with Crippen molar-refractivity contribution < 1.29 is 9.28 Å². The van der Waals surface area contributed by atoms with Crippen LogP contribution in [0.4, 0.5) is 10.7 Å². The Kier molecular flexibility index (Phi) is 4.39. The van der Waals surface area contributed by atoms with Crippen LogP contribution in [0.3, 0.4) is 0 Å². The molecule has 5 heterocycles. The van der Waals surface area contributed by atoms with Gasteiger partial charge in [0.2, 0.25) is 5.95 Å². The highest BCUT2D eigenvalue weighted by Gasteiger charge is 2.49. The highest BCUT2D eigenvalue weighted by Crippen LogP contribution is 2.34. The minimum Gasteiger partial charge on any atom is -0.341 e. The van der Waals surface area contributed by atoms with Crippen molar-refractivity contribution >= 4 is 41.1 Å². The minimum atomic E-state index is 0. The molecule has 3 saturated heterocycles. The average molecular weight is 430 g/mol. The maximum Gasteiger partial charge on any atom is 0.417 e. The number of hydrogen-bond donors (Lipinski definition) is 3. The van der Waals surface area contributed by atoms with E-state index in [0.717, 1.165) is 48.9 Å². The van der Waals surface area contributed by atoms with Crippen LogP contribution in [-0.2, 0) is 0 Å². The third-order valence-corrected chi connectivity index (χ3v) is 6.98. The number of anilines is 1. The van der Waals surface area contributed by atoms with Crippen molar-refractivity contribution in [1.29, 1.82) is 0 Å². The highest BCUT2D eigenvalue weighted by molar-refractivity contribution is 5.90. The molecule has 1 aliphatic carbocycles. The fraction of sp³-hybridized carbons (Fsp3) is 0.500. The van der Waals surface area contributed by atoms with Crippen molar-refractivity contribution in [3.63, 3.8) is 0 Å². The number of H-pyrrole nitrogens is 1. The Morgan fingerprint density at radius 2 is 1.93 bits per heavy atom. The molecule has 4 unspecified atom stereocenters. The van der Waals surface area contributed by atoms with Crippen LogP contribution in [0.25, 0.3) is 16.7 Å². The van der Waals surface area contributed by atoms with E-state index in [-0.39, 0.29) is 35.0 Å². The number of nitrogens with one attached hydrogen (secondary N) is 3. The number of amides is 2. The SMILES string of the molecule is C[N+]1(C)C(=O)NC2C=CC(c3nc(N4CC5CNCC5C4)nc4nc[nH]c34)=CC21.Cl. The number of aromatic nitrogens is 4. The summed E-state index contributed by atoms with van der Waals surface area (Å²) < 4.78 is 0.283. The average Bonchev–Trinajstić information content (AvgIpc) is 3.45. The molecule has 3 fully saturated rings. The van der Waals surface area contributed by atoms with Gasteiger partial charge in [-0.05, 0) is 17.9 Å². The van der Waals surface area contributed by atoms with E-state index in [9.17, 15) is 4.79 Å². The Bertz CT molecular complexity index is 1060. The quantitative estimate of drug-likeness (QED) is 0.614. The third kappa shape index (κ3) is 2.76. The standard InChI is InChI=1S/C20H24N8O.ClH/c1-28(2)15-5-11(3-4-14(15)24-20(28)29)16-17-18(23-10-22-17)26-19(25-16)27-8-12-6-21-7-13(12)9-27;/h3-5,10,12-15,21H,6-9H2,1-2H3,(H-,22,23,24,25,26,29);1H/p+1. The first-order valence-corrected chi connectivity index (χ1v) is 10.2. The molecule has 4 atom stereocenters. The second kappa shape index (κ2) is 6.76. The van der Waals surface area contributed by atoms with E-state index in [2.05, 4.69) is 43.7 Å². The zero-order valence-corrected chi connectivity index (χ0v) is 17.8. The van der Waals surface area contributed by atoms with Crippen LogP contribution >= 0.6 is 12.4 Å². The topological polar surface area (TPSA) is 98.8 Å². The molecule has 158 valence electrons. The first kappa shape index (κ1) is 19.5. The summed E-state index contributed by atoms with van der Waals surface area (Å²) in [6.45, 7) is 4.11. The predicted octanol–water partition coefficient (Wildman–Crippen LogP) is 0.920. The van der Waals surface area contributed by atoms with E-state index >= 15 is 0 Å². The predicted molar refractivity (Wildman–Crippen MR) is 116 cm³/mol. The Morgan fingerprint density at radius 1 is 1.17 bits per heavy atom. The van der Waals surface area contributed by atoms with Crippen LogP contribution in [0, 0.1) is 11.8 Å². The largest absolute Gasteiger partial charge is 0.417 e. The molecule has 3 N–H and O–H groups in total. The summed E-state index contributed by atoms with van der Waals surface area (Å²) in [7, 11) is 3.89. The third-order valence-electron chi connectivity index (χ3n) is 6.98. The summed E-state index contributed by atoms with van der Waals surface area (Å²) in [5.41, 5.74) is 3.39. The van der Waals surface area contributed by atoms with E-state index in [1.54, 1.807) is 6.33 Å². The number of carbonyl (C=O) groups is 1. The summed E-state index contributed by atoms with van der Waals surface area (Å²) in [6, 6.07) is 0.0933. The molecule has 3 aliphatic heterocycles. The van der Waals surface area contributed by atoms with Gasteiger partial charge >= 0.3 is 6.03 Å². The van der Waals surface area contributed by atoms with Crippen molar-refractivity contribution in [2.75, 3.05) is 45.2 Å². The fourth-order valence-corrected chi connectivity index (χ4v) is 5.18. The maximum atomic E-state index is 12.3. The second-order valence-electron chi connectivity index (χ2n) is 9.04. The van der Waals surface area contributed by atoms with Gasteiger partial charge in [-0.2, -0.15) is 4.98 Å². The first-order valence-electron chi connectivity index (χ1n) is 10.2. The molecule has 6 rings (SSSR count). The van der Waals surface area contributed by atoms with E-state index in [0.29, 0.717) is 17.5 Å². The van der Waals surface area contributed by atoms with Gasteiger partial charge in [0.1, 0.15) is 23.3 Å².